The van der Waals surface area contributed by atoms with E-state index in [4.69, 9.17) is 22.1 Å². The average molecular weight is 484 g/mol. The zero-order valence-corrected chi connectivity index (χ0v) is 19.2. The number of alkyl halides is 2. The number of hydrogen-bond acceptors (Lipinski definition) is 5. The van der Waals surface area contributed by atoms with Crippen molar-refractivity contribution in [1.82, 2.24) is 20.7 Å². The Morgan fingerprint density at radius 2 is 1.97 bits per heavy atom. The molecule has 0 radical (unpaired) electrons. The summed E-state index contributed by atoms with van der Waals surface area (Å²) in [5, 5.41) is 3.89. The molecule has 33 heavy (non-hydrogen) atoms. The Kier molecular flexibility index (Phi) is 9.03. The van der Waals surface area contributed by atoms with Crippen LogP contribution in [0.2, 0.25) is 0 Å². The molecule has 1 unspecified atom stereocenters. The summed E-state index contributed by atoms with van der Waals surface area (Å²) < 4.78 is 18.6. The molecule has 2 rings (SSSR count). The number of halogens is 2. The number of hydrogen-bond donors (Lipinski definition) is 4. The maximum absolute atomic E-state index is 13.3. The number of aromatic nitrogens is 1. The molecule has 5 N–H and O–H groups in total. The van der Waals surface area contributed by atoms with Gasteiger partial charge in [-0.05, 0) is 30.5 Å². The third-order valence-electron chi connectivity index (χ3n) is 4.70. The fourth-order valence-corrected chi connectivity index (χ4v) is 3.26. The Morgan fingerprint density at radius 3 is 2.55 bits per heavy atom. The quantitative estimate of drug-likeness (QED) is 0.299. The van der Waals surface area contributed by atoms with Crippen LogP contribution in [0.4, 0.5) is 4.39 Å². The summed E-state index contributed by atoms with van der Waals surface area (Å²) in [5.74, 6) is -2.80. The second-order valence-electron chi connectivity index (χ2n) is 7.74. The first kappa shape index (κ1) is 25.9. The predicted molar refractivity (Wildman–Crippen MR) is 120 cm³/mol. The van der Waals surface area contributed by atoms with Gasteiger partial charge in [0.1, 0.15) is 17.5 Å². The molecule has 2 aromatic rings. The van der Waals surface area contributed by atoms with Gasteiger partial charge in [-0.25, -0.2) is 9.40 Å². The van der Waals surface area contributed by atoms with E-state index in [2.05, 4.69) is 15.7 Å². The van der Waals surface area contributed by atoms with Crippen molar-refractivity contribution in [2.75, 3.05) is 13.7 Å². The van der Waals surface area contributed by atoms with Crippen LogP contribution in [-0.2, 0) is 14.4 Å². The van der Waals surface area contributed by atoms with Crippen molar-refractivity contribution in [3.05, 3.63) is 30.0 Å². The minimum atomic E-state index is -2.43. The van der Waals surface area contributed by atoms with Crippen LogP contribution in [0.3, 0.4) is 0 Å². The van der Waals surface area contributed by atoms with Crippen LogP contribution in [0.15, 0.2) is 24.3 Å². The third-order valence-corrected chi connectivity index (χ3v) is 4.88. The van der Waals surface area contributed by atoms with Crippen LogP contribution < -0.4 is 21.2 Å². The number of H-pyrrole nitrogens is 1. The molecule has 4 amide bonds. The number of carbonyl (C=O) groups excluding carboxylic acids is 4. The number of nitrogens with two attached hydrogens (primary N) is 1. The van der Waals surface area contributed by atoms with Gasteiger partial charge in [0.2, 0.25) is 5.91 Å². The van der Waals surface area contributed by atoms with Crippen molar-refractivity contribution in [3.8, 4) is 5.75 Å². The standard InChI is InChI=1S/C21H27ClFN5O5/c1-11(2)9-14(20(31)27-28(8-7-17(24)29)21(32)18(22)23)26-19(30)15-10-12-13(25-15)5-4-6-16(12)33-3/h4-6,10-11,14,18,25H,7-9H2,1-3H3,(H2,24,29)(H,26,30)(H,27,31)/t14-,18?/m1/s1. The van der Waals surface area contributed by atoms with Crippen molar-refractivity contribution in [2.24, 2.45) is 11.7 Å². The minimum absolute atomic E-state index is 0.0134. The van der Waals surface area contributed by atoms with Crippen molar-refractivity contribution in [2.45, 2.75) is 38.4 Å². The van der Waals surface area contributed by atoms with Gasteiger partial charge in [0, 0.05) is 17.3 Å². The summed E-state index contributed by atoms with van der Waals surface area (Å²) in [4.78, 5) is 51.7. The van der Waals surface area contributed by atoms with E-state index in [1.54, 1.807) is 24.3 Å². The summed E-state index contributed by atoms with van der Waals surface area (Å²) in [6.07, 6.45) is -0.105. The highest BCUT2D eigenvalue weighted by atomic mass is 35.5. The number of hydrazine groups is 1. The number of carbonyl (C=O) groups is 4. The van der Waals surface area contributed by atoms with Crippen LogP contribution >= 0.6 is 11.6 Å². The second-order valence-corrected chi connectivity index (χ2v) is 8.13. The Hall–Kier alpha value is -3.34. The maximum atomic E-state index is 13.3. The van der Waals surface area contributed by atoms with E-state index in [0.717, 1.165) is 0 Å². The van der Waals surface area contributed by atoms with Crippen molar-refractivity contribution in [3.63, 3.8) is 0 Å². The Balaban J connectivity index is 2.21. The molecule has 0 bridgehead atoms. The monoisotopic (exact) mass is 483 g/mol. The maximum Gasteiger partial charge on any atom is 0.291 e. The first-order valence-electron chi connectivity index (χ1n) is 10.2. The second kappa shape index (κ2) is 11.5. The lowest BCUT2D eigenvalue weighted by atomic mass is 10.0. The van der Waals surface area contributed by atoms with E-state index in [1.807, 2.05) is 13.8 Å². The first-order valence-corrected chi connectivity index (χ1v) is 10.6. The van der Waals surface area contributed by atoms with E-state index in [1.165, 1.54) is 7.11 Å². The summed E-state index contributed by atoms with van der Waals surface area (Å²) in [6.45, 7) is 3.30. The largest absolute Gasteiger partial charge is 0.496 e. The molecular formula is C21H27ClFN5O5. The van der Waals surface area contributed by atoms with Crippen molar-refractivity contribution >= 4 is 46.1 Å². The van der Waals surface area contributed by atoms with Gasteiger partial charge < -0.3 is 20.8 Å². The van der Waals surface area contributed by atoms with Crippen LogP contribution in [-0.4, -0.2) is 58.9 Å². The molecular weight excluding hydrogens is 457 g/mol. The van der Waals surface area contributed by atoms with E-state index >= 15 is 0 Å². The summed E-state index contributed by atoms with van der Waals surface area (Å²) in [7, 11) is 1.51. The lowest BCUT2D eigenvalue weighted by molar-refractivity contribution is -0.144. The number of benzene rings is 1. The van der Waals surface area contributed by atoms with Crippen LogP contribution in [0.25, 0.3) is 10.9 Å². The molecule has 0 fully saturated rings. The number of nitrogens with one attached hydrogen (secondary N) is 3. The Labute approximate surface area is 194 Å². The number of methoxy groups -OCH3 is 1. The highest BCUT2D eigenvalue weighted by Gasteiger charge is 2.29. The Morgan fingerprint density at radius 1 is 1.27 bits per heavy atom. The van der Waals surface area contributed by atoms with Crippen LogP contribution in [0.5, 0.6) is 5.75 Å². The molecule has 1 aromatic carbocycles. The molecule has 1 heterocycles. The van der Waals surface area contributed by atoms with Gasteiger partial charge in [0.25, 0.3) is 23.4 Å². The average Bonchev–Trinajstić information content (AvgIpc) is 3.19. The fourth-order valence-electron chi connectivity index (χ4n) is 3.14. The summed E-state index contributed by atoms with van der Waals surface area (Å²) >= 11 is 5.20. The number of ether oxygens (including phenoxy) is 1. The van der Waals surface area contributed by atoms with Crippen LogP contribution in [0.1, 0.15) is 37.2 Å². The number of rotatable bonds is 10. The third kappa shape index (κ3) is 7.07. The Bertz CT molecular complexity index is 1030. The predicted octanol–water partition coefficient (Wildman–Crippen LogP) is 1.59. The minimum Gasteiger partial charge on any atom is -0.496 e. The fraction of sp³-hybridized carbons (Fsp3) is 0.429. The molecule has 12 heteroatoms. The molecule has 0 spiro atoms. The van der Waals surface area contributed by atoms with E-state index < -0.39 is 35.3 Å². The summed E-state index contributed by atoms with van der Waals surface area (Å²) in [5.41, 5.74) is 5.73. The highest BCUT2D eigenvalue weighted by molar-refractivity contribution is 6.29. The number of aromatic amines is 1. The molecule has 0 aliphatic rings. The van der Waals surface area contributed by atoms with Gasteiger partial charge in [0.05, 0.1) is 13.7 Å². The van der Waals surface area contributed by atoms with Gasteiger partial charge in [-0.3, -0.25) is 24.6 Å². The molecule has 180 valence electrons. The summed E-state index contributed by atoms with van der Waals surface area (Å²) in [6, 6.07) is 5.82. The number of nitrogens with zero attached hydrogens (tertiary/aromatic N) is 1. The zero-order chi connectivity index (χ0) is 24.7. The SMILES string of the molecule is COc1cccc2[nH]c(C(=O)N[C@H](CC(C)C)C(=O)NN(CCC(N)=O)C(=O)C(F)Cl)cc12. The molecule has 2 atom stereocenters. The molecule has 1 aromatic heterocycles. The smallest absolute Gasteiger partial charge is 0.291 e. The van der Waals surface area contributed by atoms with Gasteiger partial charge >= 0.3 is 0 Å². The molecule has 0 saturated heterocycles. The van der Waals surface area contributed by atoms with E-state index in [-0.39, 0.29) is 31.0 Å². The highest BCUT2D eigenvalue weighted by Crippen LogP contribution is 2.26. The van der Waals surface area contributed by atoms with Crippen molar-refractivity contribution < 1.29 is 28.3 Å². The molecule has 0 aliphatic heterocycles. The van der Waals surface area contributed by atoms with Gasteiger partial charge in [-0.2, -0.15) is 0 Å². The van der Waals surface area contributed by atoms with Crippen molar-refractivity contribution in [1.29, 1.82) is 0 Å². The molecule has 0 saturated carbocycles. The zero-order valence-electron chi connectivity index (χ0n) is 18.5. The number of primary amides is 1. The molecule has 10 nitrogen and oxygen atoms in total. The normalized spacial score (nSPS) is 12.8. The van der Waals surface area contributed by atoms with Gasteiger partial charge in [0.15, 0.2) is 0 Å². The van der Waals surface area contributed by atoms with Gasteiger partial charge in [-0.15, -0.1) is 0 Å². The first-order chi connectivity index (χ1) is 15.5. The lowest BCUT2D eigenvalue weighted by Gasteiger charge is -2.27. The lowest BCUT2D eigenvalue weighted by Crippen LogP contribution is -2.56. The van der Waals surface area contributed by atoms with Crippen LogP contribution in [0, 0.1) is 5.92 Å². The van der Waals surface area contributed by atoms with Gasteiger partial charge in [-0.1, -0.05) is 31.5 Å². The topological polar surface area (TPSA) is 147 Å². The molecule has 0 aliphatic carbocycles. The number of fused-ring (bicyclic) bond motifs is 1. The van der Waals surface area contributed by atoms with E-state index in [0.29, 0.717) is 21.7 Å². The van der Waals surface area contributed by atoms with E-state index in [9.17, 15) is 23.6 Å². The number of amides is 4.